The molecule has 0 aliphatic heterocycles. The smallest absolute Gasteiger partial charge is 0.361 e. The number of aromatic nitrogens is 3. The van der Waals surface area contributed by atoms with Crippen molar-refractivity contribution >= 4 is 0 Å². The third kappa shape index (κ3) is 1.74. The van der Waals surface area contributed by atoms with Crippen molar-refractivity contribution in [2.45, 2.75) is 20.8 Å². The van der Waals surface area contributed by atoms with Crippen molar-refractivity contribution in [2.75, 3.05) is 0 Å². The summed E-state index contributed by atoms with van der Waals surface area (Å²) in [6.07, 6.45) is 0. The Morgan fingerprint density at radius 1 is 1.00 bits per heavy atom. The van der Waals surface area contributed by atoms with Crippen molar-refractivity contribution in [3.05, 3.63) is 46.4 Å². The van der Waals surface area contributed by atoms with Crippen LogP contribution in [0.2, 0.25) is 0 Å². The molecule has 2 aromatic rings. The molecule has 1 heterocycles. The monoisotopic (exact) mass is 215 g/mol. The number of nitrogens with zero attached hydrogens (tertiary/aromatic N) is 3. The van der Waals surface area contributed by atoms with E-state index in [4.69, 9.17) is 0 Å². The molecule has 0 unspecified atom stereocenters. The van der Waals surface area contributed by atoms with E-state index in [0.29, 0.717) is 17.2 Å². The Kier molecular flexibility index (Phi) is 2.56. The average molecular weight is 215 g/mol. The summed E-state index contributed by atoms with van der Waals surface area (Å²) in [4.78, 5) is 0. The van der Waals surface area contributed by atoms with Crippen molar-refractivity contribution in [2.24, 2.45) is 0 Å². The summed E-state index contributed by atoms with van der Waals surface area (Å²) in [7, 11) is 0. The molecular formula is C12H13N3O. The molecule has 0 radical (unpaired) electrons. The molecular weight excluding hydrogens is 202 g/mol. The van der Waals surface area contributed by atoms with Crippen LogP contribution in [0.5, 0.6) is 0 Å². The Balaban J connectivity index is 2.57. The number of rotatable bonds is 1. The van der Waals surface area contributed by atoms with Crippen LogP contribution in [-0.4, -0.2) is 10.2 Å². The van der Waals surface area contributed by atoms with E-state index < -0.39 is 0 Å². The van der Waals surface area contributed by atoms with Crippen LogP contribution < -0.4 is 4.73 Å². The highest BCUT2D eigenvalue weighted by Gasteiger charge is 2.15. The van der Waals surface area contributed by atoms with Crippen LogP contribution >= 0.6 is 0 Å². The summed E-state index contributed by atoms with van der Waals surface area (Å²) in [5.41, 5.74) is 3.19. The second-order valence-corrected chi connectivity index (χ2v) is 3.85. The Morgan fingerprint density at radius 2 is 1.62 bits per heavy atom. The molecule has 16 heavy (non-hydrogen) atoms. The van der Waals surface area contributed by atoms with Crippen LogP contribution in [0.1, 0.15) is 17.0 Å². The lowest BCUT2D eigenvalue weighted by Crippen LogP contribution is -2.35. The molecule has 1 aromatic heterocycles. The van der Waals surface area contributed by atoms with Crippen molar-refractivity contribution in [1.82, 2.24) is 10.2 Å². The van der Waals surface area contributed by atoms with Gasteiger partial charge in [-0.1, -0.05) is 17.7 Å². The van der Waals surface area contributed by atoms with Crippen molar-refractivity contribution < 1.29 is 4.73 Å². The van der Waals surface area contributed by atoms with Gasteiger partial charge >= 0.3 is 5.82 Å². The van der Waals surface area contributed by atoms with Crippen LogP contribution in [-0.2, 0) is 0 Å². The molecule has 0 saturated heterocycles. The fraction of sp³-hybridized carbons (Fsp3) is 0.250. The molecule has 0 amide bonds. The van der Waals surface area contributed by atoms with E-state index in [9.17, 15) is 5.21 Å². The van der Waals surface area contributed by atoms with Gasteiger partial charge in [0.2, 0.25) is 0 Å². The van der Waals surface area contributed by atoms with Gasteiger partial charge in [0.05, 0.1) is 10.7 Å². The molecule has 0 saturated carbocycles. The van der Waals surface area contributed by atoms with Crippen LogP contribution in [0.4, 0.5) is 0 Å². The molecule has 0 bridgehead atoms. The van der Waals surface area contributed by atoms with Crippen LogP contribution in [0.15, 0.2) is 24.3 Å². The predicted molar refractivity (Wildman–Crippen MR) is 60.6 cm³/mol. The van der Waals surface area contributed by atoms with Gasteiger partial charge in [-0.2, -0.15) is 0 Å². The van der Waals surface area contributed by atoms with Gasteiger partial charge in [-0.3, -0.25) is 0 Å². The Labute approximate surface area is 94.2 Å². The van der Waals surface area contributed by atoms with E-state index >= 15 is 0 Å². The summed E-state index contributed by atoms with van der Waals surface area (Å²) in [6.45, 7) is 5.52. The quantitative estimate of drug-likeness (QED) is 0.537. The van der Waals surface area contributed by atoms with Gasteiger partial charge in [0.25, 0.3) is 0 Å². The number of hydrogen-bond acceptors (Lipinski definition) is 3. The Bertz CT molecular complexity index is 521. The second kappa shape index (κ2) is 3.89. The van der Waals surface area contributed by atoms with Crippen LogP contribution in [0.25, 0.3) is 11.4 Å². The molecule has 0 spiro atoms. The third-order valence-corrected chi connectivity index (χ3v) is 2.63. The van der Waals surface area contributed by atoms with Gasteiger partial charge in [-0.15, -0.1) is 0 Å². The molecule has 0 aliphatic carbocycles. The highest BCUT2D eigenvalue weighted by atomic mass is 16.5. The van der Waals surface area contributed by atoms with Gasteiger partial charge in [-0.05, 0) is 31.1 Å². The van der Waals surface area contributed by atoms with Gasteiger partial charge in [0.1, 0.15) is 11.4 Å². The first-order valence-electron chi connectivity index (χ1n) is 5.10. The minimum absolute atomic E-state index is 0.350. The molecule has 0 fully saturated rings. The summed E-state index contributed by atoms with van der Waals surface area (Å²) in [5.74, 6) is 0.350. The standard InChI is InChI=1S/C12H13N3O/c1-8-4-6-11(7-5-8)12-14-13-9(2)10(3)15(12)16/h4-7H,1-3H3. The second-order valence-electron chi connectivity index (χ2n) is 3.85. The van der Waals surface area contributed by atoms with Crippen molar-refractivity contribution in [3.63, 3.8) is 0 Å². The van der Waals surface area contributed by atoms with Gasteiger partial charge in [-0.25, -0.2) is 4.73 Å². The number of benzene rings is 1. The fourth-order valence-corrected chi connectivity index (χ4v) is 1.42. The summed E-state index contributed by atoms with van der Waals surface area (Å²) in [5, 5.41) is 19.8. The van der Waals surface area contributed by atoms with E-state index in [1.807, 2.05) is 31.2 Å². The van der Waals surface area contributed by atoms with Gasteiger partial charge in [0, 0.05) is 6.92 Å². The Hall–Kier alpha value is -1.97. The largest absolute Gasteiger partial charge is 0.710 e. The highest BCUT2D eigenvalue weighted by Crippen LogP contribution is 2.13. The molecule has 1 aromatic carbocycles. The molecule has 0 aliphatic rings. The van der Waals surface area contributed by atoms with Crippen LogP contribution in [0.3, 0.4) is 0 Å². The average Bonchev–Trinajstić information content (AvgIpc) is 2.28. The maximum absolute atomic E-state index is 11.9. The molecule has 4 nitrogen and oxygen atoms in total. The summed E-state index contributed by atoms with van der Waals surface area (Å²) >= 11 is 0. The molecule has 0 atom stereocenters. The zero-order chi connectivity index (χ0) is 11.7. The molecule has 82 valence electrons. The maximum Gasteiger partial charge on any atom is 0.361 e. The van der Waals surface area contributed by atoms with E-state index in [-0.39, 0.29) is 0 Å². The first kappa shape index (κ1) is 10.5. The first-order valence-corrected chi connectivity index (χ1v) is 5.10. The van der Waals surface area contributed by atoms with E-state index in [0.717, 1.165) is 15.9 Å². The molecule has 0 N–H and O–H groups in total. The summed E-state index contributed by atoms with van der Waals surface area (Å²) < 4.78 is 0.826. The normalized spacial score (nSPS) is 10.4. The lowest BCUT2D eigenvalue weighted by atomic mass is 10.1. The van der Waals surface area contributed by atoms with Crippen LogP contribution in [0, 0.1) is 26.0 Å². The Morgan fingerprint density at radius 3 is 2.25 bits per heavy atom. The van der Waals surface area contributed by atoms with E-state index in [1.165, 1.54) is 0 Å². The van der Waals surface area contributed by atoms with Gasteiger partial charge < -0.3 is 5.21 Å². The minimum atomic E-state index is 0.350. The number of hydrogen-bond donors (Lipinski definition) is 0. The topological polar surface area (TPSA) is 52.7 Å². The molecule has 2 rings (SSSR count). The first-order chi connectivity index (χ1) is 7.59. The minimum Gasteiger partial charge on any atom is -0.710 e. The van der Waals surface area contributed by atoms with E-state index in [2.05, 4.69) is 10.2 Å². The van der Waals surface area contributed by atoms with E-state index in [1.54, 1.807) is 13.8 Å². The lowest BCUT2D eigenvalue weighted by Gasteiger charge is -2.09. The fourth-order valence-electron chi connectivity index (χ4n) is 1.42. The van der Waals surface area contributed by atoms with Crippen molar-refractivity contribution in [1.29, 1.82) is 0 Å². The SMILES string of the molecule is Cc1ccc(-c2nnc(C)c(C)[n+]2[O-])cc1. The lowest BCUT2D eigenvalue weighted by molar-refractivity contribution is -0.605. The zero-order valence-corrected chi connectivity index (χ0v) is 9.56. The predicted octanol–water partition coefficient (Wildman–Crippen LogP) is 1.70. The zero-order valence-electron chi connectivity index (χ0n) is 9.56. The molecule has 4 heteroatoms. The highest BCUT2D eigenvalue weighted by molar-refractivity contribution is 5.52. The van der Waals surface area contributed by atoms with Crippen molar-refractivity contribution in [3.8, 4) is 11.4 Å². The summed E-state index contributed by atoms with van der Waals surface area (Å²) in [6, 6.07) is 7.66. The third-order valence-electron chi connectivity index (χ3n) is 2.63. The maximum atomic E-state index is 11.9. The van der Waals surface area contributed by atoms with Gasteiger partial charge in [0.15, 0.2) is 0 Å². The number of aryl methyl sites for hydroxylation is 2.